The fourth-order valence-corrected chi connectivity index (χ4v) is 3.71. The number of carbonyl (C=O) groups excluding carboxylic acids is 1. The summed E-state index contributed by atoms with van der Waals surface area (Å²) in [6, 6.07) is 13.9. The maximum atomic E-state index is 13.0. The summed E-state index contributed by atoms with van der Waals surface area (Å²) in [7, 11) is 0. The van der Waals surface area contributed by atoms with Gasteiger partial charge in [0, 0.05) is 12.1 Å². The summed E-state index contributed by atoms with van der Waals surface area (Å²) in [5.41, 5.74) is 1.26. The number of hydrogen-bond donors (Lipinski definition) is 2. The molecule has 1 aliphatic carbocycles. The Morgan fingerprint density at radius 2 is 1.74 bits per heavy atom. The van der Waals surface area contributed by atoms with Gasteiger partial charge in [-0.25, -0.2) is 4.79 Å². The number of benzene rings is 2. The fraction of sp³-hybridized carbons (Fsp3) is 0.364. The van der Waals surface area contributed by atoms with Gasteiger partial charge in [0.1, 0.15) is 11.3 Å². The fourth-order valence-electron chi connectivity index (χ4n) is 3.71. The zero-order valence-corrected chi connectivity index (χ0v) is 15.3. The first-order valence-corrected chi connectivity index (χ1v) is 9.45. The zero-order valence-electron chi connectivity index (χ0n) is 15.3. The molecule has 27 heavy (non-hydrogen) atoms. The third-order valence-electron chi connectivity index (χ3n) is 5.25. The largest absolute Gasteiger partial charge is 0.507 e. The molecule has 0 atom stereocenters. The second-order valence-electron chi connectivity index (χ2n) is 7.16. The van der Waals surface area contributed by atoms with Crippen LogP contribution in [0.2, 0.25) is 0 Å². The second kappa shape index (κ2) is 8.71. The number of carbonyl (C=O) groups is 2. The first-order chi connectivity index (χ1) is 13.0. The van der Waals surface area contributed by atoms with Gasteiger partial charge >= 0.3 is 5.97 Å². The average molecular weight is 367 g/mol. The molecular weight excluding hydrogens is 342 g/mol. The van der Waals surface area contributed by atoms with E-state index < -0.39 is 5.97 Å². The number of phenols is 1. The van der Waals surface area contributed by atoms with Gasteiger partial charge in [0.15, 0.2) is 0 Å². The van der Waals surface area contributed by atoms with E-state index in [1.165, 1.54) is 37.8 Å². The molecule has 5 heteroatoms. The molecule has 2 aromatic rings. The van der Waals surface area contributed by atoms with E-state index in [0.29, 0.717) is 24.6 Å². The number of rotatable bonds is 7. The van der Waals surface area contributed by atoms with Crippen LogP contribution in [-0.2, 0) is 11.3 Å². The van der Waals surface area contributed by atoms with Gasteiger partial charge in [-0.1, -0.05) is 56.0 Å². The van der Waals surface area contributed by atoms with Crippen LogP contribution in [0.15, 0.2) is 48.5 Å². The van der Waals surface area contributed by atoms with Crippen LogP contribution in [0.4, 0.5) is 5.69 Å². The van der Waals surface area contributed by atoms with Crippen LogP contribution in [0.5, 0.6) is 5.75 Å². The van der Waals surface area contributed by atoms with Crippen molar-refractivity contribution in [3.63, 3.8) is 0 Å². The van der Waals surface area contributed by atoms with E-state index >= 15 is 0 Å². The predicted molar refractivity (Wildman–Crippen MR) is 104 cm³/mol. The Morgan fingerprint density at radius 1 is 1.04 bits per heavy atom. The van der Waals surface area contributed by atoms with E-state index in [4.69, 9.17) is 0 Å². The van der Waals surface area contributed by atoms with Crippen LogP contribution in [-0.4, -0.2) is 22.1 Å². The zero-order chi connectivity index (χ0) is 19.2. The number of anilines is 1. The van der Waals surface area contributed by atoms with Crippen molar-refractivity contribution >= 4 is 17.6 Å². The minimum absolute atomic E-state index is 0.0206. The molecule has 0 bridgehead atoms. The molecule has 0 heterocycles. The van der Waals surface area contributed by atoms with E-state index in [2.05, 4.69) is 0 Å². The van der Waals surface area contributed by atoms with Crippen molar-refractivity contribution in [1.82, 2.24) is 0 Å². The summed E-state index contributed by atoms with van der Waals surface area (Å²) in [5, 5.41) is 19.1. The van der Waals surface area contributed by atoms with Crippen LogP contribution >= 0.6 is 0 Å². The van der Waals surface area contributed by atoms with Crippen molar-refractivity contribution in [3.8, 4) is 5.75 Å². The van der Waals surface area contributed by atoms with Gasteiger partial charge in [-0.2, -0.15) is 0 Å². The molecule has 0 aliphatic heterocycles. The lowest BCUT2D eigenvalue weighted by atomic mass is 10.0. The predicted octanol–water partition coefficient (Wildman–Crippen LogP) is 4.59. The highest BCUT2D eigenvalue weighted by Crippen LogP contribution is 2.30. The summed E-state index contributed by atoms with van der Waals surface area (Å²) < 4.78 is 0. The number of carboxylic acid groups (broad SMARTS) is 1. The Bertz CT molecular complexity index is 797. The van der Waals surface area contributed by atoms with Gasteiger partial charge in [-0.15, -0.1) is 0 Å². The molecule has 1 saturated carbocycles. The molecule has 3 rings (SSSR count). The molecule has 2 aromatic carbocycles. The van der Waals surface area contributed by atoms with Crippen molar-refractivity contribution in [2.45, 2.75) is 45.1 Å². The number of aromatic carboxylic acids is 1. The van der Waals surface area contributed by atoms with Crippen molar-refractivity contribution < 1.29 is 19.8 Å². The standard InChI is InChI=1S/C22H25NO4/c24-20-12-11-18(14-19(20)22(26)27)23(15-17-8-2-1-3-9-17)21(25)13-10-16-6-4-5-7-16/h1-3,8-9,11-12,14,16,24H,4-7,10,13,15H2,(H,26,27). The van der Waals surface area contributed by atoms with Crippen LogP contribution in [0.25, 0.3) is 0 Å². The van der Waals surface area contributed by atoms with E-state index in [-0.39, 0.29) is 17.2 Å². The molecule has 0 aromatic heterocycles. The SMILES string of the molecule is O=C(O)c1cc(N(Cc2ccccc2)C(=O)CCC2CCCC2)ccc1O. The van der Waals surface area contributed by atoms with Crippen LogP contribution in [0.1, 0.15) is 54.4 Å². The number of nitrogens with zero attached hydrogens (tertiary/aromatic N) is 1. The lowest BCUT2D eigenvalue weighted by Gasteiger charge is -2.24. The van der Waals surface area contributed by atoms with Crippen molar-refractivity contribution in [3.05, 3.63) is 59.7 Å². The molecular formula is C22H25NO4. The van der Waals surface area contributed by atoms with Crippen molar-refractivity contribution in [2.24, 2.45) is 5.92 Å². The molecule has 0 radical (unpaired) electrons. The highest BCUT2D eigenvalue weighted by molar-refractivity contribution is 5.97. The van der Waals surface area contributed by atoms with Crippen molar-refractivity contribution in [2.75, 3.05) is 4.90 Å². The molecule has 1 fully saturated rings. The maximum Gasteiger partial charge on any atom is 0.339 e. The van der Waals surface area contributed by atoms with Gasteiger partial charge in [0.2, 0.25) is 5.91 Å². The Balaban J connectivity index is 1.83. The Kier molecular flexibility index (Phi) is 6.12. The van der Waals surface area contributed by atoms with Gasteiger partial charge in [-0.3, -0.25) is 4.79 Å². The normalized spacial score (nSPS) is 14.2. The number of hydrogen-bond acceptors (Lipinski definition) is 3. The Hall–Kier alpha value is -2.82. The summed E-state index contributed by atoms with van der Waals surface area (Å²) >= 11 is 0. The number of amides is 1. The minimum Gasteiger partial charge on any atom is -0.507 e. The molecule has 0 unspecified atom stereocenters. The lowest BCUT2D eigenvalue weighted by molar-refractivity contribution is -0.119. The van der Waals surface area contributed by atoms with E-state index in [9.17, 15) is 19.8 Å². The summed E-state index contributed by atoms with van der Waals surface area (Å²) in [6.45, 7) is 0.369. The van der Waals surface area contributed by atoms with Crippen LogP contribution < -0.4 is 4.90 Å². The van der Waals surface area contributed by atoms with Gasteiger partial charge < -0.3 is 15.1 Å². The summed E-state index contributed by atoms with van der Waals surface area (Å²) in [5.74, 6) is -0.925. The minimum atomic E-state index is -1.22. The summed E-state index contributed by atoms with van der Waals surface area (Å²) in [6.07, 6.45) is 6.18. The van der Waals surface area contributed by atoms with E-state index in [1.54, 1.807) is 11.0 Å². The quantitative estimate of drug-likeness (QED) is 0.750. The molecule has 142 valence electrons. The second-order valence-corrected chi connectivity index (χ2v) is 7.16. The monoisotopic (exact) mass is 367 g/mol. The first kappa shape index (κ1) is 19.0. The Morgan fingerprint density at radius 3 is 2.41 bits per heavy atom. The topological polar surface area (TPSA) is 77.8 Å². The third kappa shape index (κ3) is 4.88. The van der Waals surface area contributed by atoms with Gasteiger partial charge in [0.05, 0.1) is 6.54 Å². The lowest BCUT2D eigenvalue weighted by Crippen LogP contribution is -2.30. The third-order valence-corrected chi connectivity index (χ3v) is 5.25. The highest BCUT2D eigenvalue weighted by atomic mass is 16.4. The van der Waals surface area contributed by atoms with Crippen LogP contribution in [0.3, 0.4) is 0 Å². The molecule has 1 aliphatic rings. The molecule has 5 nitrogen and oxygen atoms in total. The van der Waals surface area contributed by atoms with E-state index in [1.807, 2.05) is 30.3 Å². The number of carboxylic acids is 1. The average Bonchev–Trinajstić information content (AvgIpc) is 3.19. The smallest absolute Gasteiger partial charge is 0.339 e. The molecule has 0 spiro atoms. The first-order valence-electron chi connectivity index (χ1n) is 9.45. The Labute approximate surface area is 159 Å². The van der Waals surface area contributed by atoms with Crippen molar-refractivity contribution in [1.29, 1.82) is 0 Å². The highest BCUT2D eigenvalue weighted by Gasteiger charge is 2.22. The van der Waals surface area contributed by atoms with Gasteiger partial charge in [-0.05, 0) is 36.1 Å². The molecule has 1 amide bonds. The van der Waals surface area contributed by atoms with E-state index in [0.717, 1.165) is 12.0 Å². The van der Waals surface area contributed by atoms with Gasteiger partial charge in [0.25, 0.3) is 0 Å². The molecule has 2 N–H and O–H groups in total. The number of aromatic hydroxyl groups is 1. The molecule has 0 saturated heterocycles. The summed E-state index contributed by atoms with van der Waals surface area (Å²) in [4.78, 5) is 26.0. The maximum absolute atomic E-state index is 13.0. The van der Waals surface area contributed by atoms with Crippen LogP contribution in [0, 0.1) is 5.92 Å².